The highest BCUT2D eigenvalue weighted by molar-refractivity contribution is 9.10. The van der Waals surface area contributed by atoms with Crippen molar-refractivity contribution >= 4 is 36.0 Å². The number of halogens is 1. The second-order valence-electron chi connectivity index (χ2n) is 9.96. The van der Waals surface area contributed by atoms with E-state index in [-0.39, 0.29) is 5.04 Å². The van der Waals surface area contributed by atoms with E-state index in [4.69, 9.17) is 4.43 Å². The van der Waals surface area contributed by atoms with Gasteiger partial charge in [-0.2, -0.15) is 0 Å². The van der Waals surface area contributed by atoms with E-state index in [9.17, 15) is 0 Å². The van der Waals surface area contributed by atoms with Crippen molar-refractivity contribution in [1.29, 1.82) is 0 Å². The van der Waals surface area contributed by atoms with Crippen LogP contribution in [-0.4, -0.2) is 8.32 Å². The highest BCUT2D eigenvalue weighted by Gasteiger charge is 2.37. The summed E-state index contributed by atoms with van der Waals surface area (Å²) in [6, 6.07) is 13.5. The molecule has 2 aromatic rings. The van der Waals surface area contributed by atoms with Gasteiger partial charge in [-0.25, -0.2) is 0 Å². The van der Waals surface area contributed by atoms with Crippen molar-refractivity contribution in [3.05, 3.63) is 69.3 Å². The lowest BCUT2D eigenvalue weighted by molar-refractivity contribution is 0.276. The van der Waals surface area contributed by atoms with Gasteiger partial charge < -0.3 is 9.33 Å². The van der Waals surface area contributed by atoms with Crippen LogP contribution < -0.4 is 4.90 Å². The molecular formula is C25H32BrNOSi. The molecular weight excluding hydrogens is 438 g/mol. The molecule has 0 radical (unpaired) electrons. The molecule has 29 heavy (non-hydrogen) atoms. The number of nitrogens with zero attached hydrogens (tertiary/aromatic N) is 1. The van der Waals surface area contributed by atoms with Gasteiger partial charge in [0.15, 0.2) is 8.32 Å². The molecule has 2 aliphatic rings. The van der Waals surface area contributed by atoms with Crippen LogP contribution in [0, 0.1) is 0 Å². The monoisotopic (exact) mass is 469 g/mol. The molecule has 2 nitrogen and oxygen atoms in total. The smallest absolute Gasteiger partial charge is 0.192 e. The summed E-state index contributed by atoms with van der Waals surface area (Å²) in [6.45, 7) is 13.1. The molecule has 0 aromatic heterocycles. The van der Waals surface area contributed by atoms with Gasteiger partial charge in [-0.05, 0) is 71.8 Å². The number of fused-ring (bicyclic) bond motifs is 1. The summed E-state index contributed by atoms with van der Waals surface area (Å²) < 4.78 is 7.69. The van der Waals surface area contributed by atoms with Gasteiger partial charge >= 0.3 is 0 Å². The zero-order chi connectivity index (χ0) is 20.8. The Balaban J connectivity index is 1.58. The van der Waals surface area contributed by atoms with Gasteiger partial charge in [0, 0.05) is 28.5 Å². The average molecular weight is 471 g/mol. The molecule has 1 fully saturated rings. The van der Waals surface area contributed by atoms with E-state index >= 15 is 0 Å². The van der Waals surface area contributed by atoms with E-state index < -0.39 is 8.32 Å². The largest absolute Gasteiger partial charge is 0.412 e. The summed E-state index contributed by atoms with van der Waals surface area (Å²) in [4.78, 5) is 2.36. The van der Waals surface area contributed by atoms with E-state index in [1.54, 1.807) is 0 Å². The lowest BCUT2D eigenvalue weighted by Gasteiger charge is -2.37. The first-order chi connectivity index (χ1) is 13.7. The molecule has 0 atom stereocenters. The predicted octanol–water partition coefficient (Wildman–Crippen LogP) is 7.84. The van der Waals surface area contributed by atoms with E-state index in [0.717, 1.165) is 16.9 Å². The van der Waals surface area contributed by atoms with Crippen molar-refractivity contribution in [2.75, 3.05) is 4.90 Å². The normalized spacial score (nSPS) is 16.8. The van der Waals surface area contributed by atoms with Gasteiger partial charge in [0.2, 0.25) is 0 Å². The molecule has 0 N–H and O–H groups in total. The summed E-state index contributed by atoms with van der Waals surface area (Å²) in [5.74, 6) is 0.802. The van der Waals surface area contributed by atoms with Gasteiger partial charge in [0.1, 0.15) is 0 Å². The fraction of sp³-hybridized carbons (Fsp3) is 0.440. The molecule has 1 aliphatic heterocycles. The van der Waals surface area contributed by atoms with Crippen molar-refractivity contribution < 1.29 is 4.43 Å². The van der Waals surface area contributed by atoms with Gasteiger partial charge in [-0.15, -0.1) is 0 Å². The Bertz CT molecular complexity index is 940. The first-order valence-corrected chi connectivity index (χ1v) is 14.3. The molecule has 4 rings (SSSR count). The fourth-order valence-electron chi connectivity index (χ4n) is 3.58. The fourth-order valence-corrected chi connectivity index (χ4v) is 4.99. The van der Waals surface area contributed by atoms with Crippen molar-refractivity contribution in [2.24, 2.45) is 0 Å². The Morgan fingerprint density at radius 3 is 2.59 bits per heavy atom. The third kappa shape index (κ3) is 4.40. The minimum Gasteiger partial charge on any atom is -0.412 e. The van der Waals surface area contributed by atoms with Crippen LogP contribution in [0.1, 0.15) is 61.8 Å². The van der Waals surface area contributed by atoms with Gasteiger partial charge in [-0.3, -0.25) is 0 Å². The average Bonchev–Trinajstić information content (AvgIpc) is 3.50. The highest BCUT2D eigenvalue weighted by Crippen LogP contribution is 2.42. The van der Waals surface area contributed by atoms with Gasteiger partial charge in [0.05, 0.1) is 6.61 Å². The number of hydrogen-bond donors (Lipinski definition) is 0. The quantitative estimate of drug-likeness (QED) is 0.413. The summed E-state index contributed by atoms with van der Waals surface area (Å²) >= 11 is 3.78. The minimum absolute atomic E-state index is 0.206. The van der Waals surface area contributed by atoms with Crippen molar-refractivity contribution in [2.45, 2.75) is 70.8 Å². The van der Waals surface area contributed by atoms with Crippen LogP contribution in [0.15, 0.2) is 47.1 Å². The van der Waals surface area contributed by atoms with Gasteiger partial charge in [-0.1, -0.05) is 61.0 Å². The van der Waals surface area contributed by atoms with E-state index in [0.29, 0.717) is 6.61 Å². The maximum atomic E-state index is 6.57. The van der Waals surface area contributed by atoms with E-state index in [1.165, 1.54) is 40.8 Å². The maximum absolute atomic E-state index is 6.57. The second-order valence-corrected chi connectivity index (χ2v) is 15.6. The van der Waals surface area contributed by atoms with Crippen molar-refractivity contribution in [1.82, 2.24) is 0 Å². The van der Waals surface area contributed by atoms with E-state index in [1.807, 2.05) is 0 Å². The molecule has 4 heteroatoms. The second kappa shape index (κ2) is 7.71. The Kier molecular flexibility index (Phi) is 5.56. The number of anilines is 1. The first kappa shape index (κ1) is 20.9. The van der Waals surface area contributed by atoms with Crippen molar-refractivity contribution in [3.8, 4) is 0 Å². The van der Waals surface area contributed by atoms with Crippen LogP contribution >= 0.6 is 15.9 Å². The van der Waals surface area contributed by atoms with Crippen LogP contribution in [0.4, 0.5) is 5.69 Å². The van der Waals surface area contributed by atoms with Crippen LogP contribution in [0.5, 0.6) is 0 Å². The maximum Gasteiger partial charge on any atom is 0.192 e. The molecule has 0 spiro atoms. The first-order valence-electron chi connectivity index (χ1n) is 10.6. The van der Waals surface area contributed by atoms with Crippen LogP contribution in [0.25, 0.3) is 6.08 Å². The van der Waals surface area contributed by atoms with Crippen LogP contribution in [-0.2, 0) is 17.6 Å². The van der Waals surface area contributed by atoms with Crippen molar-refractivity contribution in [3.63, 3.8) is 0 Å². The molecule has 154 valence electrons. The number of rotatable bonds is 5. The summed E-state index contributed by atoms with van der Waals surface area (Å²) in [7, 11) is -1.81. The lowest BCUT2D eigenvalue weighted by Crippen LogP contribution is -2.40. The van der Waals surface area contributed by atoms with E-state index in [2.05, 4.69) is 103 Å². The minimum atomic E-state index is -1.81. The zero-order valence-corrected chi connectivity index (χ0v) is 20.8. The SMILES string of the molecule is CC(C)(C)[Si](C)(C)OCc1c(Br)cccc1N1C=Cc2cc(C3CC3)ccc2C1. The summed E-state index contributed by atoms with van der Waals surface area (Å²) in [6.07, 6.45) is 7.20. The predicted molar refractivity (Wildman–Crippen MR) is 130 cm³/mol. The molecule has 0 amide bonds. The molecule has 2 aromatic carbocycles. The Morgan fingerprint density at radius 1 is 1.14 bits per heavy atom. The van der Waals surface area contributed by atoms with Crippen LogP contribution in [0.3, 0.4) is 0 Å². The molecule has 0 unspecified atom stereocenters. The molecule has 0 bridgehead atoms. The summed E-state index contributed by atoms with van der Waals surface area (Å²) in [5.41, 5.74) is 6.74. The Morgan fingerprint density at radius 2 is 1.90 bits per heavy atom. The highest BCUT2D eigenvalue weighted by atomic mass is 79.9. The van der Waals surface area contributed by atoms with Crippen LogP contribution in [0.2, 0.25) is 18.1 Å². The molecule has 0 saturated heterocycles. The topological polar surface area (TPSA) is 12.5 Å². The third-order valence-corrected chi connectivity index (χ3v) is 12.0. The lowest BCUT2D eigenvalue weighted by atomic mass is 9.98. The number of benzene rings is 2. The molecule has 1 saturated carbocycles. The van der Waals surface area contributed by atoms with Gasteiger partial charge in [0.25, 0.3) is 0 Å². The standard InChI is InChI=1S/C25H32BrNOSi/c1-25(2,3)29(4,5)28-17-22-23(26)7-6-8-24(22)27-14-13-20-15-19(18-9-10-18)11-12-21(20)16-27/h6-8,11-15,18H,9-10,16-17H2,1-5H3. The molecule has 1 heterocycles. The summed E-state index contributed by atoms with van der Waals surface area (Å²) in [5, 5.41) is 0.206. The zero-order valence-electron chi connectivity index (χ0n) is 18.3. The third-order valence-electron chi connectivity index (χ3n) is 6.78. The Hall–Kier alpha value is -1.36. The Labute approximate surface area is 185 Å². The number of hydrogen-bond acceptors (Lipinski definition) is 2. The molecule has 1 aliphatic carbocycles.